The van der Waals surface area contributed by atoms with Crippen LogP contribution in [0.25, 0.3) is 0 Å². The first-order valence-electron chi connectivity index (χ1n) is 39.7. The molecule has 0 bridgehead atoms. The third-order valence-corrected chi connectivity index (χ3v) is 28.0. The van der Waals surface area contributed by atoms with Crippen LogP contribution in [-0.2, 0) is 84.1 Å². The SMILES string of the molecule is C=CCNC(=O)C(=O)C(CC1CC1)NC(=O)[C@@H]1[C@@H]2[C@H](CN1C(=O)[C@@H](NC(=O)N[C@H](CN(C)S(=O)(=O)c1ccccn1)C(C)(C)C)C1Cc3ccccc3C1)C2(C)C.CCCCC(NC(=O)[C@@H]1[C@@H]2[C@H](CN1C(=O)[C@@H](NC(=O)N[C@H](CN(C)S(=O)(=O)c1ccccn1)C(C)(C)C)C1Cc3ccccc3C1)C2(C)C)C(=O)C(=O)NCC. The number of rotatable bonds is 32. The fourth-order valence-electron chi connectivity index (χ4n) is 17.1. The number of fused-ring (bicyclic) bond motifs is 4. The number of hydrogen-bond donors (Lipinski definition) is 8. The van der Waals surface area contributed by atoms with E-state index in [2.05, 4.69) is 86.8 Å². The molecule has 4 aromatic rings. The maximum absolute atomic E-state index is 15.0. The number of benzene rings is 2. The predicted octanol–water partition coefficient (Wildman–Crippen LogP) is 5.90. The number of ketones is 2. The summed E-state index contributed by atoms with van der Waals surface area (Å²) in [5, 5.41) is 22.5. The Morgan fingerprint density at radius 3 is 1.28 bits per heavy atom. The summed E-state index contributed by atoms with van der Waals surface area (Å²) in [7, 11) is -5.06. The number of likely N-dealkylation sites (tertiary alicyclic amines) is 2. The van der Waals surface area contributed by atoms with Gasteiger partial charge in [0.15, 0.2) is 10.1 Å². The number of urea groups is 2. The number of carbonyl (C=O) groups excluding carboxylic acids is 10. The van der Waals surface area contributed by atoms with Crippen molar-refractivity contribution in [1.82, 2.24) is 70.9 Å². The Morgan fingerprint density at radius 2 is 0.929 bits per heavy atom. The van der Waals surface area contributed by atoms with E-state index in [0.29, 0.717) is 51.6 Å². The summed E-state index contributed by atoms with van der Waals surface area (Å²) in [6.45, 7) is 27.7. The number of pyridine rings is 2. The highest BCUT2D eigenvalue weighted by molar-refractivity contribution is 7.89. The summed E-state index contributed by atoms with van der Waals surface area (Å²) in [6.07, 6.45) is 10.2. The largest absolute Gasteiger partial charge is 0.350 e. The zero-order valence-electron chi connectivity index (χ0n) is 67.7. The summed E-state index contributed by atoms with van der Waals surface area (Å²) >= 11 is 0. The molecule has 614 valence electrons. The standard InChI is InChI=1S/C42H57N7O7S.C41H59N7O7S/c1-8-18-44-38(52)36(50)30(20-25-16-17-25)45-37(51)35-33-29(42(33,5)6)23-49(35)39(53)34(28-21-26-13-9-10-14-27(26)22-28)47-40(54)46-31(41(2,3)4)24-48(7)57(55,56)32-15-11-12-19-43-32;1-9-11-18-29(35(49)37(51)42-10-2)44-36(50)34-32-28(41(32,6)7)23-48(34)38(52)33(27-21-25-16-12-13-17-26(25)22-27)46-39(53)45-30(40(3,4)5)24-47(8)56(54,55)31-19-14-15-20-43-31/h8-15,19,25,28-31,33-35H,1,16-18,20-24H2,2-7H3,(H,44,52)(H,45,51)(H2,46,47,54);12-17,19-20,27-30,32-34H,9-11,18,21-24H2,1-8H3,(H,42,51)(H,44,50)(H2,45,46,53)/t29-,30?,31+,33-,34-,35-;28-,29?,30+,32-,33-,34-/m00/s1. The monoisotopic (exact) mass is 1600 g/mol. The zero-order valence-corrected chi connectivity index (χ0v) is 69.3. The molecule has 0 radical (unpaired) electrons. The number of piperidine rings is 2. The highest BCUT2D eigenvalue weighted by Crippen LogP contribution is 2.66. The van der Waals surface area contributed by atoms with Gasteiger partial charge in [-0.3, -0.25) is 38.4 Å². The summed E-state index contributed by atoms with van der Waals surface area (Å²) in [4.78, 5) is 150. The van der Waals surface area contributed by atoms with Crippen LogP contribution in [0.1, 0.15) is 144 Å². The van der Waals surface area contributed by atoms with E-state index in [1.54, 1.807) is 41.0 Å². The molecule has 11 rings (SSSR count). The van der Waals surface area contributed by atoms with Gasteiger partial charge in [-0.25, -0.2) is 36.4 Å². The Labute approximate surface area is 665 Å². The van der Waals surface area contributed by atoms with Crippen LogP contribution >= 0.6 is 0 Å². The van der Waals surface area contributed by atoms with Gasteiger partial charge in [0.05, 0.1) is 12.1 Å². The van der Waals surface area contributed by atoms with Crippen LogP contribution in [-0.4, -0.2) is 206 Å². The van der Waals surface area contributed by atoms with Crippen LogP contribution < -0.4 is 42.5 Å². The first kappa shape index (κ1) is 86.4. The molecule has 30 heteroatoms. The molecule has 28 nitrogen and oxygen atoms in total. The molecule has 2 saturated heterocycles. The smallest absolute Gasteiger partial charge is 0.315 e. The lowest BCUT2D eigenvalue weighted by molar-refractivity contribution is -0.144. The average molecular weight is 1600 g/mol. The number of likely N-dealkylation sites (N-methyl/N-ethyl adjacent to an activating group) is 3. The molecule has 5 aliphatic carbocycles. The molecule has 113 heavy (non-hydrogen) atoms. The van der Waals surface area contributed by atoms with Crippen molar-refractivity contribution in [3.8, 4) is 0 Å². The number of hydrogen-bond acceptors (Lipinski definition) is 16. The lowest BCUT2D eigenvalue weighted by Crippen LogP contribution is -2.61. The van der Waals surface area contributed by atoms with Crippen molar-refractivity contribution in [3.05, 3.63) is 132 Å². The second kappa shape index (κ2) is 35.0. The first-order chi connectivity index (χ1) is 53.2. The molecule has 3 saturated carbocycles. The highest BCUT2D eigenvalue weighted by atomic mass is 32.2. The number of sulfonamides is 2. The van der Waals surface area contributed by atoms with Gasteiger partial charge in [-0.1, -0.05) is 169 Å². The quantitative estimate of drug-likeness (QED) is 0.0208. The van der Waals surface area contributed by atoms with Gasteiger partial charge >= 0.3 is 12.1 Å². The summed E-state index contributed by atoms with van der Waals surface area (Å²) in [5.41, 5.74) is 2.64. The molecule has 12 atom stereocenters. The van der Waals surface area contributed by atoms with Crippen LogP contribution in [0.5, 0.6) is 0 Å². The average Bonchev–Trinajstić information content (AvgIpc) is 1.53. The molecule has 2 aromatic carbocycles. The van der Waals surface area contributed by atoms with Crippen LogP contribution in [0.3, 0.4) is 0 Å². The van der Waals surface area contributed by atoms with E-state index in [0.717, 1.165) is 50.1 Å². The Morgan fingerprint density at radius 1 is 0.549 bits per heavy atom. The van der Waals surface area contributed by atoms with Crippen molar-refractivity contribution >= 4 is 79.1 Å². The van der Waals surface area contributed by atoms with E-state index in [1.807, 2.05) is 97.0 Å². The fourth-order valence-corrected chi connectivity index (χ4v) is 19.3. The third-order valence-electron chi connectivity index (χ3n) is 24.5. The lowest BCUT2D eigenvalue weighted by atomic mass is 9.86. The molecule has 0 spiro atoms. The molecule has 10 amide bonds. The molecular weight excluding hydrogens is 1480 g/mol. The summed E-state index contributed by atoms with van der Waals surface area (Å²) < 4.78 is 55.8. The Kier molecular flexibility index (Phi) is 26.8. The minimum Gasteiger partial charge on any atom is -0.350 e. The number of Topliss-reactive ketones (excluding diaryl/α,β-unsaturated/α-hetero) is 2. The normalized spacial score (nSPS) is 22.2. The molecule has 5 fully saturated rings. The lowest BCUT2D eigenvalue weighted by Gasteiger charge is -2.37. The van der Waals surface area contributed by atoms with Crippen LogP contribution in [0, 0.1) is 63.1 Å². The summed E-state index contributed by atoms with van der Waals surface area (Å²) in [6, 6.07) is 16.5. The van der Waals surface area contributed by atoms with Crippen molar-refractivity contribution in [2.75, 3.05) is 53.4 Å². The van der Waals surface area contributed by atoms with Crippen LogP contribution in [0.2, 0.25) is 0 Å². The van der Waals surface area contributed by atoms with E-state index in [-0.39, 0.29) is 94.9 Å². The molecular formula is C83H116N14O14S2. The number of carbonyl (C=O) groups is 10. The molecule has 2 aliphatic heterocycles. The maximum atomic E-state index is 15.0. The molecule has 4 heterocycles. The minimum atomic E-state index is -3.97. The van der Waals surface area contributed by atoms with E-state index in [9.17, 15) is 64.8 Å². The number of nitrogens with zero attached hydrogens (tertiary/aromatic N) is 6. The van der Waals surface area contributed by atoms with Crippen molar-refractivity contribution in [2.24, 2.45) is 63.1 Å². The van der Waals surface area contributed by atoms with E-state index < -0.39 is 138 Å². The number of unbranched alkanes of at least 4 members (excludes halogenated alkanes) is 1. The first-order valence-corrected chi connectivity index (χ1v) is 42.5. The molecule has 2 aromatic heterocycles. The highest BCUT2D eigenvalue weighted by Gasteiger charge is 2.71. The van der Waals surface area contributed by atoms with Crippen molar-refractivity contribution in [3.63, 3.8) is 0 Å². The molecule has 8 N–H and O–H groups in total. The van der Waals surface area contributed by atoms with Crippen molar-refractivity contribution in [2.45, 2.75) is 206 Å². The van der Waals surface area contributed by atoms with Gasteiger partial charge in [0.25, 0.3) is 31.9 Å². The van der Waals surface area contributed by atoms with Gasteiger partial charge in [0.1, 0.15) is 24.2 Å². The molecule has 2 unspecified atom stereocenters. The van der Waals surface area contributed by atoms with Gasteiger partial charge in [-0.2, -0.15) is 8.61 Å². The number of aromatic nitrogens is 2. The Hall–Kier alpha value is -9.00. The van der Waals surface area contributed by atoms with Gasteiger partial charge in [-0.15, -0.1) is 6.58 Å². The molecule has 7 aliphatic rings. The number of amides is 10. The van der Waals surface area contributed by atoms with Gasteiger partial charge in [0, 0.05) is 77.8 Å². The van der Waals surface area contributed by atoms with Crippen LogP contribution in [0.4, 0.5) is 9.59 Å². The van der Waals surface area contributed by atoms with Crippen molar-refractivity contribution < 1.29 is 64.8 Å². The Bertz CT molecular complexity index is 4400. The van der Waals surface area contributed by atoms with Gasteiger partial charge in [0.2, 0.25) is 35.2 Å². The van der Waals surface area contributed by atoms with Crippen LogP contribution in [0.15, 0.2) is 120 Å². The fraction of sp³-hybridized carbons (Fsp3) is 0.590. The second-order valence-corrected chi connectivity index (χ2v) is 39.1. The maximum Gasteiger partial charge on any atom is 0.315 e. The van der Waals surface area contributed by atoms with E-state index in [4.69, 9.17) is 0 Å². The topological polar surface area (TPSA) is 374 Å². The summed E-state index contributed by atoms with van der Waals surface area (Å²) in [5.74, 6) is -5.49. The Balaban J connectivity index is 0.000000240. The van der Waals surface area contributed by atoms with E-state index >= 15 is 0 Å². The number of nitrogens with one attached hydrogen (secondary N) is 8. The third kappa shape index (κ3) is 19.7. The van der Waals surface area contributed by atoms with Crippen molar-refractivity contribution in [1.29, 1.82) is 0 Å². The minimum absolute atomic E-state index is 0.0304. The zero-order chi connectivity index (χ0) is 82.6. The van der Waals surface area contributed by atoms with E-state index in [1.165, 1.54) is 44.7 Å². The van der Waals surface area contributed by atoms with Gasteiger partial charge < -0.3 is 52.3 Å². The second-order valence-electron chi connectivity index (χ2n) is 35.1. The van der Waals surface area contributed by atoms with Gasteiger partial charge in [-0.05, 0) is 155 Å². The predicted molar refractivity (Wildman–Crippen MR) is 425 cm³/mol.